The Morgan fingerprint density at radius 2 is 0.927 bits per heavy atom. The van der Waals surface area contributed by atoms with Crippen LogP contribution in [0.3, 0.4) is 0 Å². The zero-order valence-corrected chi connectivity index (χ0v) is 26.9. The highest BCUT2D eigenvalue weighted by molar-refractivity contribution is 7.80. The topological polar surface area (TPSA) is 18.5 Å². The van der Waals surface area contributed by atoms with Gasteiger partial charge in [0.05, 0.1) is 18.6 Å². The Balaban J connectivity index is 1.94. The van der Waals surface area contributed by atoms with Crippen molar-refractivity contribution < 1.29 is 9.47 Å². The number of thiol groups is 2. The Morgan fingerprint density at radius 3 is 1.29 bits per heavy atom. The van der Waals surface area contributed by atoms with Crippen LogP contribution in [0.25, 0.3) is 11.1 Å². The number of hydrogen-bond acceptors (Lipinski definition) is 4. The summed E-state index contributed by atoms with van der Waals surface area (Å²) >= 11 is 8.75. The Labute approximate surface area is 257 Å². The van der Waals surface area contributed by atoms with Crippen LogP contribution in [0.4, 0.5) is 0 Å². The van der Waals surface area contributed by atoms with E-state index in [0.717, 1.165) is 11.5 Å². The molecule has 0 amide bonds. The zero-order valence-electron chi connectivity index (χ0n) is 25.1. The highest BCUT2D eigenvalue weighted by Gasteiger charge is 2.49. The first kappa shape index (κ1) is 29.7. The molecule has 0 unspecified atom stereocenters. The second kappa shape index (κ2) is 11.5. The smallest absolute Gasteiger partial charge is 0.119 e. The molecule has 0 N–H and O–H groups in total. The van der Waals surface area contributed by atoms with Crippen molar-refractivity contribution in [1.29, 1.82) is 0 Å². The van der Waals surface area contributed by atoms with Crippen LogP contribution in [0, 0.1) is 0 Å². The maximum atomic E-state index is 6.12. The molecule has 4 heteroatoms. The molecule has 4 aromatic carbocycles. The van der Waals surface area contributed by atoms with Gasteiger partial charge in [-0.05, 0) is 79.6 Å². The first-order valence-corrected chi connectivity index (χ1v) is 15.8. The van der Waals surface area contributed by atoms with Crippen molar-refractivity contribution in [2.75, 3.05) is 24.7 Å². The number of benzene rings is 4. The predicted molar refractivity (Wildman–Crippen MR) is 180 cm³/mol. The molecule has 2 nitrogen and oxygen atoms in total. The number of hydrogen-bond donors (Lipinski definition) is 2. The van der Waals surface area contributed by atoms with Crippen LogP contribution in [0.15, 0.2) is 84.9 Å². The van der Waals surface area contributed by atoms with E-state index < -0.39 is 5.41 Å². The van der Waals surface area contributed by atoms with Gasteiger partial charge in [0.15, 0.2) is 0 Å². The third-order valence-corrected chi connectivity index (χ3v) is 8.44. The Morgan fingerprint density at radius 1 is 0.537 bits per heavy atom. The summed E-state index contributed by atoms with van der Waals surface area (Å²) in [5.41, 5.74) is 9.52. The Kier molecular flexibility index (Phi) is 8.29. The van der Waals surface area contributed by atoms with Crippen molar-refractivity contribution >= 4 is 25.3 Å². The predicted octanol–water partition coefficient (Wildman–Crippen LogP) is 9.26. The molecule has 214 valence electrons. The Hall–Kier alpha value is -2.82. The maximum absolute atomic E-state index is 6.12. The summed E-state index contributed by atoms with van der Waals surface area (Å²) in [6, 6.07) is 31.3. The highest BCUT2D eigenvalue weighted by atomic mass is 32.1. The SMILES string of the molecule is CC(C)(C)c1cc(OCCS)ccc1C1(c2ccc(OCCS)cc2C(C)(C)C)c2ccccc2-c2ccccc21. The lowest BCUT2D eigenvalue weighted by Crippen LogP contribution is -2.35. The van der Waals surface area contributed by atoms with Gasteiger partial charge in [-0.2, -0.15) is 25.3 Å². The van der Waals surface area contributed by atoms with Crippen molar-refractivity contribution in [1.82, 2.24) is 0 Å². The van der Waals surface area contributed by atoms with Gasteiger partial charge in [0.25, 0.3) is 0 Å². The average molecular weight is 583 g/mol. The van der Waals surface area contributed by atoms with E-state index in [4.69, 9.17) is 9.47 Å². The lowest BCUT2D eigenvalue weighted by atomic mass is 9.61. The molecule has 5 rings (SSSR count). The minimum Gasteiger partial charge on any atom is -0.493 e. The zero-order chi connectivity index (χ0) is 29.4. The van der Waals surface area contributed by atoms with Crippen LogP contribution in [-0.2, 0) is 16.2 Å². The van der Waals surface area contributed by atoms with Gasteiger partial charge in [0, 0.05) is 11.5 Å². The number of rotatable bonds is 8. The molecular weight excluding hydrogens is 541 g/mol. The van der Waals surface area contributed by atoms with Gasteiger partial charge in [0.2, 0.25) is 0 Å². The van der Waals surface area contributed by atoms with Gasteiger partial charge in [0.1, 0.15) is 11.5 Å². The van der Waals surface area contributed by atoms with Gasteiger partial charge < -0.3 is 9.47 Å². The summed E-state index contributed by atoms with van der Waals surface area (Å²) in [5.74, 6) is 3.12. The molecule has 0 bridgehead atoms. The molecule has 0 heterocycles. The summed E-state index contributed by atoms with van der Waals surface area (Å²) in [4.78, 5) is 0. The molecule has 0 spiro atoms. The van der Waals surface area contributed by atoms with Gasteiger partial charge in [-0.1, -0.05) is 102 Å². The van der Waals surface area contributed by atoms with Crippen LogP contribution in [0.1, 0.15) is 74.9 Å². The molecule has 1 aliphatic carbocycles. The molecule has 1 aliphatic rings. The third kappa shape index (κ3) is 5.30. The van der Waals surface area contributed by atoms with E-state index in [1.165, 1.54) is 44.5 Å². The monoisotopic (exact) mass is 582 g/mol. The maximum Gasteiger partial charge on any atom is 0.119 e. The Bertz CT molecular complexity index is 1420. The average Bonchev–Trinajstić information content (AvgIpc) is 3.25. The van der Waals surface area contributed by atoms with Crippen molar-refractivity contribution in [3.8, 4) is 22.6 Å². The van der Waals surface area contributed by atoms with Gasteiger partial charge in [-0.15, -0.1) is 0 Å². The van der Waals surface area contributed by atoms with E-state index in [1.54, 1.807) is 0 Å². The first-order valence-electron chi connectivity index (χ1n) is 14.5. The quantitative estimate of drug-likeness (QED) is 0.178. The molecule has 0 fully saturated rings. The van der Waals surface area contributed by atoms with Crippen LogP contribution in [0.5, 0.6) is 11.5 Å². The summed E-state index contributed by atoms with van der Waals surface area (Å²) in [5, 5.41) is 0. The largest absolute Gasteiger partial charge is 0.493 e. The summed E-state index contributed by atoms with van der Waals surface area (Å²) in [7, 11) is 0. The molecule has 0 saturated heterocycles. The molecule has 0 radical (unpaired) electrons. The fourth-order valence-corrected chi connectivity index (χ4v) is 6.59. The van der Waals surface area contributed by atoms with E-state index in [9.17, 15) is 0 Å². The third-order valence-electron chi connectivity index (χ3n) is 8.08. The first-order chi connectivity index (χ1) is 19.5. The fraction of sp³-hybridized carbons (Fsp3) is 0.351. The van der Waals surface area contributed by atoms with E-state index in [-0.39, 0.29) is 10.8 Å². The summed E-state index contributed by atoms with van der Waals surface area (Å²) in [6.07, 6.45) is 0. The van der Waals surface area contributed by atoms with Crippen LogP contribution < -0.4 is 9.47 Å². The van der Waals surface area contributed by atoms with E-state index >= 15 is 0 Å². The molecule has 0 aliphatic heterocycles. The second-order valence-electron chi connectivity index (χ2n) is 12.9. The lowest BCUT2D eigenvalue weighted by molar-refractivity contribution is 0.342. The van der Waals surface area contributed by atoms with Gasteiger partial charge in [-0.25, -0.2) is 0 Å². The second-order valence-corrected chi connectivity index (χ2v) is 13.8. The van der Waals surface area contributed by atoms with Crippen LogP contribution in [0.2, 0.25) is 0 Å². The van der Waals surface area contributed by atoms with Crippen LogP contribution in [-0.4, -0.2) is 24.7 Å². The standard InChI is InChI=1S/C37H42O2S2/c1-35(2,3)33-23-25(38-19-21-40)15-17-31(33)37(29-13-9-7-11-27(29)28-12-8-10-14-30(28)37)32-18-16-26(39-20-22-41)24-34(32)36(4,5)6/h7-18,23-24,40-41H,19-22H2,1-6H3. The van der Waals surface area contributed by atoms with Crippen molar-refractivity contribution in [2.24, 2.45) is 0 Å². The van der Waals surface area contributed by atoms with Crippen molar-refractivity contribution in [3.05, 3.63) is 118 Å². The van der Waals surface area contributed by atoms with E-state index in [2.05, 4.69) is 152 Å². The molecular formula is C37H42O2S2. The molecule has 0 aromatic heterocycles. The molecule has 4 aromatic rings. The molecule has 0 saturated carbocycles. The normalized spacial score (nSPS) is 14.0. The minimum atomic E-state index is -0.525. The minimum absolute atomic E-state index is 0.132. The fourth-order valence-electron chi connectivity index (χ4n) is 6.41. The number of ether oxygens (including phenoxy) is 2. The van der Waals surface area contributed by atoms with Crippen LogP contribution >= 0.6 is 25.3 Å². The summed E-state index contributed by atoms with van der Waals surface area (Å²) in [6.45, 7) is 14.9. The van der Waals surface area contributed by atoms with Crippen molar-refractivity contribution in [2.45, 2.75) is 57.8 Å². The summed E-state index contributed by atoms with van der Waals surface area (Å²) < 4.78 is 12.2. The molecule has 0 atom stereocenters. The highest BCUT2D eigenvalue weighted by Crippen LogP contribution is 2.59. The lowest BCUT2D eigenvalue weighted by Gasteiger charge is -2.41. The number of fused-ring (bicyclic) bond motifs is 3. The van der Waals surface area contributed by atoms with Gasteiger partial charge in [-0.3, -0.25) is 0 Å². The van der Waals surface area contributed by atoms with Gasteiger partial charge >= 0.3 is 0 Å². The van der Waals surface area contributed by atoms with E-state index in [1.807, 2.05) is 0 Å². The van der Waals surface area contributed by atoms with Crippen molar-refractivity contribution in [3.63, 3.8) is 0 Å². The molecule has 41 heavy (non-hydrogen) atoms. The van der Waals surface area contributed by atoms with E-state index in [0.29, 0.717) is 24.7 Å².